The molecule has 1 rings (SSSR count). The Morgan fingerprint density at radius 2 is 2.21 bits per heavy atom. The van der Waals surface area contributed by atoms with Gasteiger partial charge in [0.1, 0.15) is 12.2 Å². The van der Waals surface area contributed by atoms with Crippen molar-refractivity contribution in [3.05, 3.63) is 29.6 Å². The number of halogens is 1. The van der Waals surface area contributed by atoms with Gasteiger partial charge in [-0.3, -0.25) is 0 Å². The Balaban J connectivity index is 2.76. The van der Waals surface area contributed by atoms with Gasteiger partial charge in [-0.2, -0.15) is 5.10 Å². The van der Waals surface area contributed by atoms with Crippen LogP contribution in [0.3, 0.4) is 0 Å². The fraction of sp³-hybridized carbons (Fsp3) is 0.125. The minimum absolute atomic E-state index is 0.278. The molecule has 0 heterocycles. The van der Waals surface area contributed by atoms with Crippen molar-refractivity contribution >= 4 is 12.0 Å². The molecule has 14 heavy (non-hydrogen) atoms. The summed E-state index contributed by atoms with van der Waals surface area (Å²) in [5.41, 5.74) is 11.6. The summed E-state index contributed by atoms with van der Waals surface area (Å²) >= 11 is 0. The first-order valence-corrected chi connectivity index (χ1v) is 3.94. The van der Waals surface area contributed by atoms with E-state index in [-0.39, 0.29) is 12.4 Å². The SMILES string of the molecule is N/C=N\N(N)Cc1ccc(F)cc1N. The highest BCUT2D eigenvalue weighted by molar-refractivity contribution is 5.51. The summed E-state index contributed by atoms with van der Waals surface area (Å²) in [7, 11) is 0. The van der Waals surface area contributed by atoms with Crippen LogP contribution >= 0.6 is 0 Å². The molecule has 6 N–H and O–H groups in total. The Morgan fingerprint density at radius 3 is 2.79 bits per heavy atom. The van der Waals surface area contributed by atoms with Crippen LogP contribution < -0.4 is 17.3 Å². The Kier molecular flexibility index (Phi) is 3.24. The number of nitrogens with zero attached hydrogens (tertiary/aromatic N) is 2. The van der Waals surface area contributed by atoms with E-state index in [1.54, 1.807) is 6.07 Å². The molecule has 0 bridgehead atoms. The predicted molar refractivity (Wildman–Crippen MR) is 53.2 cm³/mol. The number of hydrogen-bond donors (Lipinski definition) is 3. The van der Waals surface area contributed by atoms with Crippen LogP contribution in [0.2, 0.25) is 0 Å². The van der Waals surface area contributed by atoms with Crippen molar-refractivity contribution in [2.45, 2.75) is 6.54 Å². The molecule has 0 saturated heterocycles. The Morgan fingerprint density at radius 1 is 1.50 bits per heavy atom. The molecule has 0 amide bonds. The first-order chi connectivity index (χ1) is 6.63. The molecule has 1 aromatic rings. The summed E-state index contributed by atoms with van der Waals surface area (Å²) in [6, 6.07) is 4.09. The summed E-state index contributed by atoms with van der Waals surface area (Å²) in [6.45, 7) is 0.278. The van der Waals surface area contributed by atoms with Crippen molar-refractivity contribution in [3.63, 3.8) is 0 Å². The van der Waals surface area contributed by atoms with Crippen LogP contribution in [0.1, 0.15) is 5.56 Å². The Labute approximate surface area is 80.9 Å². The van der Waals surface area contributed by atoms with E-state index in [0.717, 1.165) is 11.5 Å². The standard InChI is InChI=1S/C8H12FN5/c9-7-2-1-6(8(11)3-7)4-14(12)13-5-10/h1-3,5H,4,11-12H2,(H2,10,13). The molecule has 1 aromatic carbocycles. The molecule has 0 aromatic heterocycles. The predicted octanol–water partition coefficient (Wildman–Crippen LogP) is -0.0144. The molecule has 0 aliphatic rings. The van der Waals surface area contributed by atoms with Gasteiger partial charge in [-0.05, 0) is 17.7 Å². The quantitative estimate of drug-likeness (QED) is 0.209. The van der Waals surface area contributed by atoms with Gasteiger partial charge >= 0.3 is 0 Å². The maximum Gasteiger partial charge on any atom is 0.125 e. The average Bonchev–Trinajstić information content (AvgIpc) is 2.10. The number of hydrazine groups is 1. The highest BCUT2D eigenvalue weighted by atomic mass is 19.1. The molecule has 0 spiro atoms. The minimum Gasteiger partial charge on any atom is -0.398 e. The van der Waals surface area contributed by atoms with Crippen molar-refractivity contribution in [2.24, 2.45) is 16.7 Å². The topological polar surface area (TPSA) is 93.7 Å². The summed E-state index contributed by atoms with van der Waals surface area (Å²) in [5, 5.41) is 4.71. The average molecular weight is 197 g/mol. The third-order valence-electron chi connectivity index (χ3n) is 1.66. The normalized spacial score (nSPS) is 10.7. The molecule has 0 aliphatic heterocycles. The Hall–Kier alpha value is -1.82. The zero-order chi connectivity index (χ0) is 10.6. The van der Waals surface area contributed by atoms with Crippen LogP contribution in [0, 0.1) is 5.82 Å². The second kappa shape index (κ2) is 4.43. The van der Waals surface area contributed by atoms with Gasteiger partial charge in [0.15, 0.2) is 0 Å². The van der Waals surface area contributed by atoms with Crippen molar-refractivity contribution in [1.29, 1.82) is 0 Å². The number of nitrogens with two attached hydrogens (primary N) is 3. The fourth-order valence-corrected chi connectivity index (χ4v) is 1.01. The summed E-state index contributed by atoms with van der Waals surface area (Å²) in [6.07, 6.45) is 1.07. The number of anilines is 1. The van der Waals surface area contributed by atoms with E-state index in [2.05, 4.69) is 5.10 Å². The third-order valence-corrected chi connectivity index (χ3v) is 1.66. The number of hydrogen-bond acceptors (Lipinski definition) is 4. The minimum atomic E-state index is -0.378. The molecule has 0 unspecified atom stereocenters. The molecule has 0 aliphatic carbocycles. The lowest BCUT2D eigenvalue weighted by molar-refractivity contribution is 0.292. The van der Waals surface area contributed by atoms with Crippen LogP contribution in [0.25, 0.3) is 0 Å². The maximum absolute atomic E-state index is 12.7. The summed E-state index contributed by atoms with van der Waals surface area (Å²) < 4.78 is 12.7. The van der Waals surface area contributed by atoms with Crippen LogP contribution in [0.5, 0.6) is 0 Å². The van der Waals surface area contributed by atoms with E-state index < -0.39 is 0 Å². The van der Waals surface area contributed by atoms with Crippen LogP contribution in [-0.4, -0.2) is 11.5 Å². The van der Waals surface area contributed by atoms with Crippen LogP contribution in [0.15, 0.2) is 23.3 Å². The zero-order valence-corrected chi connectivity index (χ0v) is 7.52. The number of nitrogen functional groups attached to an aromatic ring is 1. The van der Waals surface area contributed by atoms with Crippen molar-refractivity contribution in [1.82, 2.24) is 5.12 Å². The lowest BCUT2D eigenvalue weighted by Gasteiger charge is -2.12. The second-order valence-corrected chi connectivity index (χ2v) is 2.71. The molecule has 5 nitrogen and oxygen atoms in total. The van der Waals surface area contributed by atoms with Crippen LogP contribution in [0.4, 0.5) is 10.1 Å². The first-order valence-electron chi connectivity index (χ1n) is 3.94. The van der Waals surface area contributed by atoms with E-state index in [4.69, 9.17) is 17.3 Å². The molecule has 6 heteroatoms. The molecule has 0 fully saturated rings. The lowest BCUT2D eigenvalue weighted by atomic mass is 10.2. The van der Waals surface area contributed by atoms with Gasteiger partial charge in [0.05, 0.1) is 6.54 Å². The molecule has 0 saturated carbocycles. The van der Waals surface area contributed by atoms with Gasteiger partial charge in [-0.1, -0.05) is 6.07 Å². The smallest absolute Gasteiger partial charge is 0.125 e. The zero-order valence-electron chi connectivity index (χ0n) is 7.52. The Bertz CT molecular complexity index is 339. The van der Waals surface area contributed by atoms with E-state index in [1.807, 2.05) is 0 Å². The largest absolute Gasteiger partial charge is 0.398 e. The monoisotopic (exact) mass is 197 g/mol. The number of rotatable bonds is 3. The summed E-state index contributed by atoms with van der Waals surface area (Å²) in [5.74, 6) is 5.05. The number of benzene rings is 1. The molecule has 0 radical (unpaired) electrons. The van der Waals surface area contributed by atoms with E-state index in [1.165, 1.54) is 12.1 Å². The van der Waals surface area contributed by atoms with Gasteiger partial charge in [0, 0.05) is 5.69 Å². The van der Waals surface area contributed by atoms with Crippen LogP contribution in [-0.2, 0) is 6.54 Å². The van der Waals surface area contributed by atoms with E-state index in [9.17, 15) is 4.39 Å². The molecular formula is C8H12FN5. The van der Waals surface area contributed by atoms with E-state index in [0.29, 0.717) is 11.3 Å². The molecule has 0 atom stereocenters. The third kappa shape index (κ3) is 2.60. The van der Waals surface area contributed by atoms with E-state index >= 15 is 0 Å². The van der Waals surface area contributed by atoms with Gasteiger partial charge in [-0.15, -0.1) is 0 Å². The van der Waals surface area contributed by atoms with Crippen molar-refractivity contribution in [3.8, 4) is 0 Å². The van der Waals surface area contributed by atoms with Gasteiger partial charge < -0.3 is 11.5 Å². The number of hydrazone groups is 1. The maximum atomic E-state index is 12.7. The van der Waals surface area contributed by atoms with Gasteiger partial charge in [0.2, 0.25) is 0 Å². The second-order valence-electron chi connectivity index (χ2n) is 2.71. The highest BCUT2D eigenvalue weighted by Crippen LogP contribution is 2.14. The molecular weight excluding hydrogens is 185 g/mol. The highest BCUT2D eigenvalue weighted by Gasteiger charge is 2.02. The molecule has 76 valence electrons. The van der Waals surface area contributed by atoms with Gasteiger partial charge in [-0.25, -0.2) is 15.4 Å². The van der Waals surface area contributed by atoms with Crippen molar-refractivity contribution in [2.75, 3.05) is 5.73 Å². The van der Waals surface area contributed by atoms with Gasteiger partial charge in [0.25, 0.3) is 0 Å². The fourth-order valence-electron chi connectivity index (χ4n) is 1.01. The summed E-state index contributed by atoms with van der Waals surface area (Å²) in [4.78, 5) is 0. The first kappa shape index (κ1) is 10.3. The lowest BCUT2D eigenvalue weighted by Crippen LogP contribution is -2.25. The van der Waals surface area contributed by atoms with Crippen molar-refractivity contribution < 1.29 is 4.39 Å².